The van der Waals surface area contributed by atoms with Crippen molar-refractivity contribution in [2.75, 3.05) is 13.1 Å². The molecular weight excluding hydrogens is 260 g/mol. The van der Waals surface area contributed by atoms with Crippen LogP contribution in [-0.2, 0) is 11.3 Å². The molecule has 0 aliphatic heterocycles. The van der Waals surface area contributed by atoms with Crippen molar-refractivity contribution in [2.45, 2.75) is 33.2 Å². The molecule has 0 aromatic heterocycles. The predicted octanol–water partition coefficient (Wildman–Crippen LogP) is 3.06. The lowest BCUT2D eigenvalue weighted by Gasteiger charge is -2.23. The number of nitrogens with two attached hydrogens (primary N) is 1. The zero-order valence-corrected chi connectivity index (χ0v) is 12.5. The summed E-state index contributed by atoms with van der Waals surface area (Å²) in [5.74, 6) is 0.445. The van der Waals surface area contributed by atoms with Gasteiger partial charge in [0.2, 0.25) is 5.91 Å². The fraction of sp³-hybridized carbons (Fsp3) is 0.533. The summed E-state index contributed by atoms with van der Waals surface area (Å²) in [6.07, 6.45) is 1.47. The number of amides is 1. The zero-order chi connectivity index (χ0) is 14.3. The highest BCUT2D eigenvalue weighted by Crippen LogP contribution is 2.15. The Balaban J connectivity index is 2.64. The van der Waals surface area contributed by atoms with Crippen LogP contribution in [0.25, 0.3) is 0 Å². The lowest BCUT2D eigenvalue weighted by atomic mass is 10.0. The molecule has 4 heteroatoms. The molecule has 1 atom stereocenters. The summed E-state index contributed by atoms with van der Waals surface area (Å²) in [7, 11) is 0. The van der Waals surface area contributed by atoms with Crippen LogP contribution in [0.3, 0.4) is 0 Å². The maximum absolute atomic E-state index is 12.2. The number of rotatable bonds is 7. The Kier molecular flexibility index (Phi) is 6.89. The molecule has 1 amide bonds. The smallest absolute Gasteiger partial charge is 0.223 e. The van der Waals surface area contributed by atoms with Crippen molar-refractivity contribution in [3.05, 3.63) is 34.9 Å². The molecule has 2 N–H and O–H groups in total. The number of carbonyl (C=O) groups is 1. The fourth-order valence-corrected chi connectivity index (χ4v) is 2.22. The largest absolute Gasteiger partial charge is 0.339 e. The Hall–Kier alpha value is -1.06. The molecule has 1 rings (SSSR count). The summed E-state index contributed by atoms with van der Waals surface area (Å²) in [4.78, 5) is 14.1. The van der Waals surface area contributed by atoms with Crippen LogP contribution in [0.1, 0.15) is 32.3 Å². The highest BCUT2D eigenvalue weighted by Gasteiger charge is 2.16. The lowest BCUT2D eigenvalue weighted by molar-refractivity contribution is -0.132. The van der Waals surface area contributed by atoms with Crippen molar-refractivity contribution in [1.82, 2.24) is 4.90 Å². The number of hydrogen-bond donors (Lipinski definition) is 1. The maximum atomic E-state index is 12.2. The van der Waals surface area contributed by atoms with Crippen molar-refractivity contribution in [1.29, 1.82) is 0 Å². The first-order valence-electron chi connectivity index (χ1n) is 6.82. The van der Waals surface area contributed by atoms with Crippen LogP contribution >= 0.6 is 11.6 Å². The topological polar surface area (TPSA) is 46.3 Å². The van der Waals surface area contributed by atoms with Crippen LogP contribution in [0.4, 0.5) is 0 Å². The Labute approximate surface area is 120 Å². The van der Waals surface area contributed by atoms with Gasteiger partial charge in [0.05, 0.1) is 0 Å². The van der Waals surface area contributed by atoms with E-state index in [1.54, 1.807) is 0 Å². The molecule has 106 valence electrons. The maximum Gasteiger partial charge on any atom is 0.223 e. The van der Waals surface area contributed by atoms with Crippen molar-refractivity contribution in [2.24, 2.45) is 11.7 Å². The first kappa shape index (κ1) is 16.0. The van der Waals surface area contributed by atoms with Crippen LogP contribution in [0.5, 0.6) is 0 Å². The van der Waals surface area contributed by atoms with E-state index >= 15 is 0 Å². The summed E-state index contributed by atoms with van der Waals surface area (Å²) in [5.41, 5.74) is 6.72. The first-order valence-corrected chi connectivity index (χ1v) is 7.20. The molecule has 0 saturated heterocycles. The summed E-state index contributed by atoms with van der Waals surface area (Å²) < 4.78 is 0. The Morgan fingerprint density at radius 1 is 1.42 bits per heavy atom. The third-order valence-electron chi connectivity index (χ3n) is 3.37. The fourth-order valence-electron chi connectivity index (χ4n) is 2.00. The molecule has 1 unspecified atom stereocenters. The van der Waals surface area contributed by atoms with E-state index in [4.69, 9.17) is 17.3 Å². The summed E-state index contributed by atoms with van der Waals surface area (Å²) in [6.45, 7) is 5.93. The Morgan fingerprint density at radius 3 is 2.68 bits per heavy atom. The van der Waals surface area contributed by atoms with Gasteiger partial charge in [-0.1, -0.05) is 37.1 Å². The molecule has 1 aromatic carbocycles. The number of hydrogen-bond acceptors (Lipinski definition) is 2. The average molecular weight is 283 g/mol. The lowest BCUT2D eigenvalue weighted by Crippen LogP contribution is -2.33. The average Bonchev–Trinajstić information content (AvgIpc) is 2.41. The van der Waals surface area contributed by atoms with E-state index < -0.39 is 0 Å². The minimum atomic E-state index is 0.166. The van der Waals surface area contributed by atoms with Crippen LogP contribution in [0, 0.1) is 5.92 Å². The van der Waals surface area contributed by atoms with Crippen molar-refractivity contribution < 1.29 is 4.79 Å². The monoisotopic (exact) mass is 282 g/mol. The van der Waals surface area contributed by atoms with Gasteiger partial charge in [0.15, 0.2) is 0 Å². The zero-order valence-electron chi connectivity index (χ0n) is 11.7. The molecular formula is C15H23ClN2O. The third-order valence-corrected chi connectivity index (χ3v) is 3.61. The summed E-state index contributed by atoms with van der Waals surface area (Å²) in [5, 5.41) is 0.703. The molecule has 19 heavy (non-hydrogen) atoms. The van der Waals surface area contributed by atoms with Gasteiger partial charge in [-0.3, -0.25) is 4.79 Å². The van der Waals surface area contributed by atoms with E-state index in [9.17, 15) is 4.79 Å². The molecule has 0 aliphatic rings. The normalized spacial score (nSPS) is 12.2. The van der Waals surface area contributed by atoms with Crippen LogP contribution in [-0.4, -0.2) is 23.9 Å². The summed E-state index contributed by atoms with van der Waals surface area (Å²) >= 11 is 5.96. The number of benzene rings is 1. The SMILES string of the molecule is CCC(CN)CC(=O)N(CC)Cc1cccc(Cl)c1. The second kappa shape index (κ2) is 8.18. The highest BCUT2D eigenvalue weighted by molar-refractivity contribution is 6.30. The van der Waals surface area contributed by atoms with Crippen molar-refractivity contribution in [3.8, 4) is 0 Å². The third kappa shape index (κ3) is 5.21. The molecule has 0 spiro atoms. The minimum Gasteiger partial charge on any atom is -0.339 e. The Bertz CT molecular complexity index is 405. The quantitative estimate of drug-likeness (QED) is 0.835. The second-order valence-electron chi connectivity index (χ2n) is 4.75. The van der Waals surface area contributed by atoms with Gasteiger partial charge in [0.25, 0.3) is 0 Å². The van der Waals surface area contributed by atoms with E-state index in [0.29, 0.717) is 31.1 Å². The van der Waals surface area contributed by atoms with Gasteiger partial charge in [-0.25, -0.2) is 0 Å². The first-order chi connectivity index (χ1) is 9.10. The second-order valence-corrected chi connectivity index (χ2v) is 5.19. The van der Waals surface area contributed by atoms with Gasteiger partial charge in [-0.15, -0.1) is 0 Å². The minimum absolute atomic E-state index is 0.166. The van der Waals surface area contributed by atoms with Gasteiger partial charge < -0.3 is 10.6 Å². The van der Waals surface area contributed by atoms with Crippen LogP contribution in [0.2, 0.25) is 5.02 Å². The van der Waals surface area contributed by atoms with E-state index in [0.717, 1.165) is 12.0 Å². The Morgan fingerprint density at radius 2 is 2.16 bits per heavy atom. The molecule has 0 heterocycles. The molecule has 0 radical (unpaired) electrons. The van der Waals surface area contributed by atoms with E-state index in [2.05, 4.69) is 6.92 Å². The van der Waals surface area contributed by atoms with Gasteiger partial charge in [-0.05, 0) is 37.1 Å². The van der Waals surface area contributed by atoms with Crippen LogP contribution < -0.4 is 5.73 Å². The molecule has 3 nitrogen and oxygen atoms in total. The molecule has 0 saturated carbocycles. The standard InChI is InChI=1S/C15H23ClN2O/c1-3-12(10-17)9-15(19)18(4-2)11-13-6-5-7-14(16)8-13/h5-8,12H,3-4,9-11,17H2,1-2H3. The van der Waals surface area contributed by atoms with E-state index in [-0.39, 0.29) is 11.8 Å². The van der Waals surface area contributed by atoms with Crippen molar-refractivity contribution >= 4 is 17.5 Å². The van der Waals surface area contributed by atoms with E-state index in [1.165, 1.54) is 0 Å². The number of halogens is 1. The number of carbonyl (C=O) groups excluding carboxylic acids is 1. The van der Waals surface area contributed by atoms with Gasteiger partial charge in [0.1, 0.15) is 0 Å². The van der Waals surface area contributed by atoms with Crippen LogP contribution in [0.15, 0.2) is 24.3 Å². The molecule has 0 fully saturated rings. The van der Waals surface area contributed by atoms with E-state index in [1.807, 2.05) is 36.1 Å². The molecule has 0 aliphatic carbocycles. The van der Waals surface area contributed by atoms with Crippen molar-refractivity contribution in [3.63, 3.8) is 0 Å². The number of nitrogens with zero attached hydrogens (tertiary/aromatic N) is 1. The molecule has 1 aromatic rings. The van der Waals surface area contributed by atoms with Gasteiger partial charge in [0, 0.05) is 24.5 Å². The van der Waals surface area contributed by atoms with Gasteiger partial charge >= 0.3 is 0 Å². The van der Waals surface area contributed by atoms with Gasteiger partial charge in [-0.2, -0.15) is 0 Å². The summed E-state index contributed by atoms with van der Waals surface area (Å²) in [6, 6.07) is 7.63. The predicted molar refractivity (Wildman–Crippen MR) is 80.0 cm³/mol. The highest BCUT2D eigenvalue weighted by atomic mass is 35.5. The molecule has 0 bridgehead atoms.